The lowest BCUT2D eigenvalue weighted by molar-refractivity contribution is 0.0474. The molecule has 1 aliphatic carbocycles. The van der Waals surface area contributed by atoms with Crippen LogP contribution in [-0.4, -0.2) is 25.5 Å². The number of fused-ring (bicyclic) bond motifs is 1. The Labute approximate surface area is 219 Å². The Morgan fingerprint density at radius 1 is 1.08 bits per heavy atom. The van der Waals surface area contributed by atoms with Gasteiger partial charge >= 0.3 is 0 Å². The van der Waals surface area contributed by atoms with Gasteiger partial charge in [0.05, 0.1) is 17.8 Å². The molecule has 0 saturated carbocycles. The topological polar surface area (TPSA) is 44.5 Å². The van der Waals surface area contributed by atoms with Crippen LogP contribution in [0.4, 0.5) is 0 Å². The second kappa shape index (κ2) is 10.8. The molecule has 0 N–H and O–H groups in total. The summed E-state index contributed by atoms with van der Waals surface area (Å²) in [6.07, 6.45) is 7.94. The third-order valence-electron chi connectivity index (χ3n) is 8.17. The predicted octanol–water partition coefficient (Wildman–Crippen LogP) is 8.19. The first-order valence-electron chi connectivity index (χ1n) is 13.1. The molecular weight excluding hydrogens is 470 g/mol. The smallest absolute Gasteiger partial charge is 0.141 e. The number of hydrogen-bond acceptors (Lipinski definition) is 4. The van der Waals surface area contributed by atoms with Crippen LogP contribution in [0.15, 0.2) is 46.5 Å². The van der Waals surface area contributed by atoms with Crippen LogP contribution in [0.5, 0.6) is 5.75 Å². The van der Waals surface area contributed by atoms with E-state index in [1.165, 1.54) is 47.1 Å². The van der Waals surface area contributed by atoms with E-state index in [-0.39, 0.29) is 0 Å². The van der Waals surface area contributed by atoms with Gasteiger partial charge < -0.3 is 14.0 Å². The first-order chi connectivity index (χ1) is 17.4. The van der Waals surface area contributed by atoms with Gasteiger partial charge in [0.25, 0.3) is 0 Å². The number of allylic oxidation sites excluding steroid dienone is 1. The fourth-order valence-corrected chi connectivity index (χ4v) is 6.38. The highest BCUT2D eigenvalue weighted by Crippen LogP contribution is 2.45. The maximum absolute atomic E-state index is 6.41. The highest BCUT2D eigenvalue weighted by molar-refractivity contribution is 6.32. The van der Waals surface area contributed by atoms with Gasteiger partial charge in [0.2, 0.25) is 0 Å². The summed E-state index contributed by atoms with van der Waals surface area (Å²) in [5.41, 5.74) is 8.78. The maximum Gasteiger partial charge on any atom is 0.141 e. The molecule has 36 heavy (non-hydrogen) atoms. The molecule has 2 aromatic carbocycles. The number of aromatic nitrogens is 1. The lowest BCUT2D eigenvalue weighted by Gasteiger charge is -2.30. The van der Waals surface area contributed by atoms with E-state index in [9.17, 15) is 0 Å². The standard InChI is InChI=1S/C31H36ClNO3/c1-19(23-11-13-35-14-12-23)15-28-24(7-5-22-6-10-30(34-4)29(32)16-22)17-26-18-25(8-9-27(26)28)31-20(2)33-36-21(31)3/h6,8-10,16-19,23,28H,5,7,11-15H2,1-4H3/t19-,28?/m0/s1. The molecule has 0 radical (unpaired) electrons. The number of hydrogen-bond donors (Lipinski definition) is 0. The van der Waals surface area contributed by atoms with Crippen molar-refractivity contribution >= 4 is 17.7 Å². The molecule has 190 valence electrons. The van der Waals surface area contributed by atoms with E-state index >= 15 is 0 Å². The van der Waals surface area contributed by atoms with Crippen LogP contribution in [0.25, 0.3) is 17.2 Å². The van der Waals surface area contributed by atoms with E-state index in [1.54, 1.807) is 7.11 Å². The third kappa shape index (κ3) is 5.12. The van der Waals surface area contributed by atoms with Crippen molar-refractivity contribution in [1.82, 2.24) is 5.16 Å². The van der Waals surface area contributed by atoms with Crippen molar-refractivity contribution in [3.05, 3.63) is 75.1 Å². The summed E-state index contributed by atoms with van der Waals surface area (Å²) in [6, 6.07) is 13.0. The molecule has 3 aromatic rings. The van der Waals surface area contributed by atoms with Crippen molar-refractivity contribution in [3.63, 3.8) is 0 Å². The van der Waals surface area contributed by atoms with Crippen LogP contribution in [-0.2, 0) is 11.2 Å². The van der Waals surface area contributed by atoms with E-state index < -0.39 is 0 Å². The van der Waals surface area contributed by atoms with Crippen LogP contribution >= 0.6 is 11.6 Å². The second-order valence-corrected chi connectivity index (χ2v) is 10.9. The van der Waals surface area contributed by atoms with Gasteiger partial charge in [0.1, 0.15) is 11.5 Å². The van der Waals surface area contributed by atoms with Crippen LogP contribution < -0.4 is 4.74 Å². The van der Waals surface area contributed by atoms with E-state index in [4.69, 9.17) is 25.6 Å². The molecule has 5 heteroatoms. The zero-order valence-electron chi connectivity index (χ0n) is 21.8. The lowest BCUT2D eigenvalue weighted by Crippen LogP contribution is -2.23. The fourth-order valence-electron chi connectivity index (χ4n) is 6.10. The molecule has 2 atom stereocenters. The summed E-state index contributed by atoms with van der Waals surface area (Å²) in [7, 11) is 1.66. The Balaban J connectivity index is 1.42. The Kier molecular flexibility index (Phi) is 7.55. The zero-order chi connectivity index (χ0) is 25.2. The summed E-state index contributed by atoms with van der Waals surface area (Å²) in [4.78, 5) is 0. The Hall–Kier alpha value is -2.56. The van der Waals surface area contributed by atoms with Gasteiger partial charge in [-0.25, -0.2) is 0 Å². The minimum Gasteiger partial charge on any atom is -0.495 e. The van der Waals surface area contributed by atoms with E-state index in [2.05, 4.69) is 42.4 Å². The van der Waals surface area contributed by atoms with Gasteiger partial charge in [-0.05, 0) is 98.2 Å². The van der Waals surface area contributed by atoms with Crippen LogP contribution in [0, 0.1) is 25.7 Å². The van der Waals surface area contributed by atoms with Crippen molar-refractivity contribution in [3.8, 4) is 16.9 Å². The van der Waals surface area contributed by atoms with Crippen molar-refractivity contribution in [2.45, 2.75) is 58.8 Å². The van der Waals surface area contributed by atoms with Gasteiger partial charge in [0, 0.05) is 24.7 Å². The van der Waals surface area contributed by atoms with Crippen molar-refractivity contribution < 1.29 is 14.0 Å². The number of benzene rings is 2. The maximum atomic E-state index is 6.41. The largest absolute Gasteiger partial charge is 0.495 e. The molecule has 1 unspecified atom stereocenters. The van der Waals surface area contributed by atoms with Crippen molar-refractivity contribution in [2.24, 2.45) is 11.8 Å². The monoisotopic (exact) mass is 505 g/mol. The summed E-state index contributed by atoms with van der Waals surface area (Å²) >= 11 is 6.41. The quantitative estimate of drug-likeness (QED) is 0.309. The minimum absolute atomic E-state index is 0.449. The van der Waals surface area contributed by atoms with Gasteiger partial charge in [-0.2, -0.15) is 0 Å². The van der Waals surface area contributed by atoms with Gasteiger partial charge in [-0.1, -0.05) is 53.5 Å². The molecule has 2 heterocycles. The van der Waals surface area contributed by atoms with Crippen LogP contribution in [0.1, 0.15) is 66.7 Å². The fraction of sp³-hybridized carbons (Fsp3) is 0.452. The highest BCUT2D eigenvalue weighted by Gasteiger charge is 2.30. The summed E-state index contributed by atoms with van der Waals surface area (Å²) in [5, 5.41) is 4.84. The highest BCUT2D eigenvalue weighted by atomic mass is 35.5. The number of methoxy groups -OCH3 is 1. The normalized spacial score (nSPS) is 18.7. The average molecular weight is 506 g/mol. The number of nitrogens with zero attached hydrogens (tertiary/aromatic N) is 1. The lowest BCUT2D eigenvalue weighted by atomic mass is 9.77. The molecule has 1 fully saturated rings. The van der Waals surface area contributed by atoms with Crippen molar-refractivity contribution in [1.29, 1.82) is 0 Å². The molecule has 1 saturated heterocycles. The molecule has 0 spiro atoms. The number of rotatable bonds is 8. The van der Waals surface area contributed by atoms with Crippen LogP contribution in [0.3, 0.4) is 0 Å². The molecule has 5 rings (SSSR count). The molecule has 0 amide bonds. The van der Waals surface area contributed by atoms with E-state index in [0.29, 0.717) is 16.9 Å². The van der Waals surface area contributed by atoms with Crippen molar-refractivity contribution in [2.75, 3.05) is 20.3 Å². The Morgan fingerprint density at radius 2 is 1.89 bits per heavy atom. The molecule has 2 aliphatic rings. The number of aryl methyl sites for hydroxylation is 3. The zero-order valence-corrected chi connectivity index (χ0v) is 22.5. The number of ether oxygens (including phenoxy) is 2. The minimum atomic E-state index is 0.449. The summed E-state index contributed by atoms with van der Waals surface area (Å²) in [6.45, 7) is 8.24. The number of halogens is 1. The first kappa shape index (κ1) is 25.1. The van der Waals surface area contributed by atoms with Gasteiger partial charge in [-0.15, -0.1) is 0 Å². The first-order valence-corrected chi connectivity index (χ1v) is 13.5. The van der Waals surface area contributed by atoms with E-state index in [0.717, 1.165) is 54.7 Å². The van der Waals surface area contributed by atoms with E-state index in [1.807, 2.05) is 26.0 Å². The molecule has 4 nitrogen and oxygen atoms in total. The molecular formula is C31H36ClNO3. The van der Waals surface area contributed by atoms with Gasteiger partial charge in [-0.3, -0.25) is 0 Å². The molecule has 1 aromatic heterocycles. The van der Waals surface area contributed by atoms with Gasteiger partial charge in [0.15, 0.2) is 0 Å². The summed E-state index contributed by atoms with van der Waals surface area (Å²) < 4.78 is 16.4. The second-order valence-electron chi connectivity index (χ2n) is 10.4. The Morgan fingerprint density at radius 3 is 2.58 bits per heavy atom. The molecule has 0 bridgehead atoms. The average Bonchev–Trinajstić information content (AvgIpc) is 3.41. The third-order valence-corrected chi connectivity index (χ3v) is 8.46. The van der Waals surface area contributed by atoms with Crippen LogP contribution in [0.2, 0.25) is 5.02 Å². The summed E-state index contributed by atoms with van der Waals surface area (Å²) in [5.74, 6) is 3.45. The Bertz CT molecular complexity index is 1240. The molecule has 1 aliphatic heterocycles. The SMILES string of the molecule is COc1ccc(CCC2=Cc3cc(-c4c(C)noc4C)ccc3C2C[C@H](C)C2CCOCC2)cc1Cl. The predicted molar refractivity (Wildman–Crippen MR) is 146 cm³/mol.